The van der Waals surface area contributed by atoms with E-state index in [1.165, 1.54) is 36.0 Å². The Morgan fingerprint density at radius 1 is 1.06 bits per heavy atom. The molecule has 0 aromatic heterocycles. The van der Waals surface area contributed by atoms with E-state index in [1.54, 1.807) is 7.11 Å². The summed E-state index contributed by atoms with van der Waals surface area (Å²) in [5.41, 5.74) is 4.13. The number of nitrogens with one attached hydrogen (secondary N) is 1. The molecular formula is C15H25NO. The summed E-state index contributed by atoms with van der Waals surface area (Å²) in [6.07, 6.45) is 3.64. The first kappa shape index (κ1) is 14.2. The van der Waals surface area contributed by atoms with Crippen LogP contribution in [0.3, 0.4) is 0 Å². The van der Waals surface area contributed by atoms with Crippen LogP contribution in [-0.2, 0) is 11.3 Å². The number of hydrogen-bond acceptors (Lipinski definition) is 2. The van der Waals surface area contributed by atoms with Gasteiger partial charge in [-0.15, -0.1) is 0 Å². The first-order valence-electron chi connectivity index (χ1n) is 6.50. The normalized spacial score (nSPS) is 10.8. The molecule has 0 atom stereocenters. The van der Waals surface area contributed by atoms with Gasteiger partial charge in [0.15, 0.2) is 0 Å². The summed E-state index contributed by atoms with van der Waals surface area (Å²) in [4.78, 5) is 0. The van der Waals surface area contributed by atoms with Crippen molar-refractivity contribution in [2.45, 2.75) is 39.7 Å². The van der Waals surface area contributed by atoms with E-state index in [1.807, 2.05) is 0 Å². The van der Waals surface area contributed by atoms with Gasteiger partial charge in [-0.1, -0.05) is 18.2 Å². The van der Waals surface area contributed by atoms with E-state index in [0.29, 0.717) is 0 Å². The van der Waals surface area contributed by atoms with Crippen LogP contribution < -0.4 is 5.32 Å². The molecule has 0 spiro atoms. The minimum atomic E-state index is 0.886. The number of hydrogen-bond donors (Lipinski definition) is 1. The van der Waals surface area contributed by atoms with Gasteiger partial charge in [0.05, 0.1) is 0 Å². The number of aryl methyl sites for hydroxylation is 2. The van der Waals surface area contributed by atoms with Crippen LogP contribution in [0.25, 0.3) is 0 Å². The number of unbranched alkanes of at least 4 members (excludes halogenated alkanes) is 2. The smallest absolute Gasteiger partial charge is 0.0462 e. The summed E-state index contributed by atoms with van der Waals surface area (Å²) in [6.45, 7) is 7.28. The molecule has 0 saturated carbocycles. The quantitative estimate of drug-likeness (QED) is 0.699. The van der Waals surface area contributed by atoms with E-state index < -0.39 is 0 Å². The van der Waals surface area contributed by atoms with Crippen LogP contribution in [0.4, 0.5) is 0 Å². The monoisotopic (exact) mass is 235 g/mol. The number of benzene rings is 1. The summed E-state index contributed by atoms with van der Waals surface area (Å²) < 4.78 is 5.02. The van der Waals surface area contributed by atoms with Gasteiger partial charge >= 0.3 is 0 Å². The summed E-state index contributed by atoms with van der Waals surface area (Å²) in [7, 11) is 1.76. The van der Waals surface area contributed by atoms with Crippen LogP contribution in [0.1, 0.15) is 36.0 Å². The molecule has 0 saturated heterocycles. The molecule has 2 nitrogen and oxygen atoms in total. The highest BCUT2D eigenvalue weighted by Gasteiger charge is 1.96. The fraction of sp³-hybridized carbons (Fsp3) is 0.600. The molecule has 1 N–H and O–H groups in total. The highest BCUT2D eigenvalue weighted by molar-refractivity contribution is 5.29. The van der Waals surface area contributed by atoms with Crippen molar-refractivity contribution in [1.82, 2.24) is 5.32 Å². The van der Waals surface area contributed by atoms with Gasteiger partial charge in [0.25, 0.3) is 0 Å². The average Bonchev–Trinajstić information content (AvgIpc) is 2.32. The van der Waals surface area contributed by atoms with Crippen molar-refractivity contribution in [3.05, 3.63) is 34.9 Å². The third-order valence-corrected chi connectivity index (χ3v) is 3.10. The molecule has 0 aliphatic rings. The van der Waals surface area contributed by atoms with Crippen molar-refractivity contribution in [2.24, 2.45) is 0 Å². The SMILES string of the molecule is COCCCCCNCc1ccc(C)c(C)c1. The molecule has 0 heterocycles. The van der Waals surface area contributed by atoms with Crippen molar-refractivity contribution < 1.29 is 4.74 Å². The summed E-state index contributed by atoms with van der Waals surface area (Å²) in [5, 5.41) is 3.48. The molecule has 1 rings (SSSR count). The second kappa shape index (κ2) is 8.26. The lowest BCUT2D eigenvalue weighted by atomic mass is 10.1. The zero-order valence-corrected chi connectivity index (χ0v) is 11.4. The standard InChI is InChI=1S/C15H25NO/c1-13-7-8-15(11-14(13)2)12-16-9-5-4-6-10-17-3/h7-8,11,16H,4-6,9-10,12H2,1-3H3. The van der Waals surface area contributed by atoms with Crippen molar-refractivity contribution in [3.63, 3.8) is 0 Å². The Bertz CT molecular complexity index is 323. The molecule has 0 aliphatic carbocycles. The zero-order valence-electron chi connectivity index (χ0n) is 11.4. The predicted molar refractivity (Wildman–Crippen MR) is 73.3 cm³/mol. The molecule has 0 radical (unpaired) electrons. The van der Waals surface area contributed by atoms with Crippen molar-refractivity contribution in [3.8, 4) is 0 Å². The minimum Gasteiger partial charge on any atom is -0.385 e. The van der Waals surface area contributed by atoms with Crippen molar-refractivity contribution in [1.29, 1.82) is 0 Å². The highest BCUT2D eigenvalue weighted by Crippen LogP contribution is 2.09. The number of rotatable bonds is 8. The largest absolute Gasteiger partial charge is 0.385 e. The highest BCUT2D eigenvalue weighted by atomic mass is 16.5. The summed E-state index contributed by atoms with van der Waals surface area (Å²) >= 11 is 0. The van der Waals surface area contributed by atoms with E-state index in [9.17, 15) is 0 Å². The van der Waals surface area contributed by atoms with Crippen LogP contribution >= 0.6 is 0 Å². The minimum absolute atomic E-state index is 0.886. The van der Waals surface area contributed by atoms with Crippen molar-refractivity contribution >= 4 is 0 Å². The Balaban J connectivity index is 2.11. The van der Waals surface area contributed by atoms with Crippen molar-refractivity contribution in [2.75, 3.05) is 20.3 Å². The van der Waals surface area contributed by atoms with Gasteiger partial charge < -0.3 is 10.1 Å². The Morgan fingerprint density at radius 2 is 1.88 bits per heavy atom. The van der Waals surface area contributed by atoms with Gasteiger partial charge in [-0.05, 0) is 56.3 Å². The lowest BCUT2D eigenvalue weighted by molar-refractivity contribution is 0.192. The van der Waals surface area contributed by atoms with E-state index in [0.717, 1.165) is 19.7 Å². The first-order valence-corrected chi connectivity index (χ1v) is 6.50. The Morgan fingerprint density at radius 3 is 2.59 bits per heavy atom. The average molecular weight is 235 g/mol. The molecule has 0 amide bonds. The lowest BCUT2D eigenvalue weighted by Crippen LogP contribution is -2.14. The van der Waals surface area contributed by atoms with Crippen LogP contribution in [0, 0.1) is 13.8 Å². The molecule has 0 bridgehead atoms. The predicted octanol–water partition coefficient (Wildman–Crippen LogP) is 3.21. The third kappa shape index (κ3) is 5.85. The zero-order chi connectivity index (χ0) is 12.5. The van der Waals surface area contributed by atoms with Gasteiger partial charge in [-0.2, -0.15) is 0 Å². The van der Waals surface area contributed by atoms with Gasteiger partial charge in [0, 0.05) is 20.3 Å². The topological polar surface area (TPSA) is 21.3 Å². The Kier molecular flexibility index (Phi) is 6.90. The second-order valence-corrected chi connectivity index (χ2v) is 4.65. The van der Waals surface area contributed by atoms with Crippen LogP contribution in [-0.4, -0.2) is 20.3 Å². The molecule has 0 fully saturated rings. The van der Waals surface area contributed by atoms with Crippen LogP contribution in [0.15, 0.2) is 18.2 Å². The maximum Gasteiger partial charge on any atom is 0.0462 e. The van der Waals surface area contributed by atoms with Crippen LogP contribution in [0.5, 0.6) is 0 Å². The fourth-order valence-electron chi connectivity index (χ4n) is 1.82. The lowest BCUT2D eigenvalue weighted by Gasteiger charge is -2.07. The molecule has 1 aromatic rings. The molecule has 2 heteroatoms. The number of methoxy groups -OCH3 is 1. The first-order chi connectivity index (χ1) is 8.24. The van der Waals surface area contributed by atoms with E-state index in [2.05, 4.69) is 37.4 Å². The molecule has 0 aliphatic heterocycles. The molecule has 17 heavy (non-hydrogen) atoms. The van der Waals surface area contributed by atoms with E-state index >= 15 is 0 Å². The Hall–Kier alpha value is -0.860. The van der Waals surface area contributed by atoms with E-state index in [-0.39, 0.29) is 0 Å². The van der Waals surface area contributed by atoms with Gasteiger partial charge in [0.1, 0.15) is 0 Å². The van der Waals surface area contributed by atoms with Gasteiger partial charge in [-0.3, -0.25) is 0 Å². The molecular weight excluding hydrogens is 210 g/mol. The summed E-state index contributed by atoms with van der Waals surface area (Å²) in [6, 6.07) is 6.68. The van der Waals surface area contributed by atoms with Gasteiger partial charge in [0.2, 0.25) is 0 Å². The third-order valence-electron chi connectivity index (χ3n) is 3.10. The molecule has 0 unspecified atom stereocenters. The van der Waals surface area contributed by atoms with E-state index in [4.69, 9.17) is 4.74 Å². The molecule has 1 aromatic carbocycles. The molecule has 96 valence electrons. The maximum absolute atomic E-state index is 5.02. The van der Waals surface area contributed by atoms with Crippen LogP contribution in [0.2, 0.25) is 0 Å². The number of ether oxygens (including phenoxy) is 1. The van der Waals surface area contributed by atoms with Gasteiger partial charge in [-0.25, -0.2) is 0 Å². The second-order valence-electron chi connectivity index (χ2n) is 4.65. The maximum atomic E-state index is 5.02. The summed E-state index contributed by atoms with van der Waals surface area (Å²) in [5.74, 6) is 0. The Labute approximate surface area is 105 Å². The fourth-order valence-corrected chi connectivity index (χ4v) is 1.82.